The van der Waals surface area contributed by atoms with Crippen LogP contribution in [0.5, 0.6) is 0 Å². The summed E-state index contributed by atoms with van der Waals surface area (Å²) in [5, 5.41) is 0. The van der Waals surface area contributed by atoms with Crippen molar-refractivity contribution in [1.29, 1.82) is 0 Å². The van der Waals surface area contributed by atoms with Gasteiger partial charge in [-0.2, -0.15) is 0 Å². The predicted molar refractivity (Wildman–Crippen MR) is 82.9 cm³/mol. The van der Waals surface area contributed by atoms with E-state index in [1.807, 2.05) is 19.1 Å². The first kappa shape index (κ1) is 14.9. The summed E-state index contributed by atoms with van der Waals surface area (Å²) >= 11 is 0. The van der Waals surface area contributed by atoms with Gasteiger partial charge in [0.2, 0.25) is 0 Å². The molecule has 2 rings (SSSR count). The zero-order valence-corrected chi connectivity index (χ0v) is 12.4. The summed E-state index contributed by atoms with van der Waals surface area (Å²) in [5.74, 6) is -0.356. The van der Waals surface area contributed by atoms with Crippen LogP contribution in [0, 0.1) is 6.92 Å². The van der Waals surface area contributed by atoms with E-state index in [0.717, 1.165) is 43.5 Å². The standard InChI is InChI=1S/C16H25N3O/c1-3-19(13-7-5-12(17)6-8-13)15-10-11(2)4-9-14(15)16(18)20/h4,9-10,12-13H,3,5-8,17H2,1-2H3,(H2,18,20). The van der Waals surface area contributed by atoms with Crippen LogP contribution in [0.15, 0.2) is 18.2 Å². The minimum Gasteiger partial charge on any atom is -0.368 e. The number of carbonyl (C=O) groups excluding carboxylic acids is 1. The number of anilines is 1. The Kier molecular flexibility index (Phi) is 4.65. The average Bonchev–Trinajstić information content (AvgIpc) is 2.41. The fourth-order valence-electron chi connectivity index (χ4n) is 3.13. The van der Waals surface area contributed by atoms with Crippen molar-refractivity contribution in [3.8, 4) is 0 Å². The van der Waals surface area contributed by atoms with E-state index in [2.05, 4.69) is 17.9 Å². The molecule has 0 aliphatic heterocycles. The monoisotopic (exact) mass is 275 g/mol. The van der Waals surface area contributed by atoms with Gasteiger partial charge in [0.05, 0.1) is 11.3 Å². The minimum atomic E-state index is -0.356. The number of hydrogen-bond donors (Lipinski definition) is 2. The van der Waals surface area contributed by atoms with Crippen LogP contribution < -0.4 is 16.4 Å². The van der Waals surface area contributed by atoms with E-state index >= 15 is 0 Å². The van der Waals surface area contributed by atoms with Gasteiger partial charge in [0.1, 0.15) is 0 Å². The van der Waals surface area contributed by atoms with E-state index in [-0.39, 0.29) is 5.91 Å². The molecule has 1 saturated carbocycles. The Morgan fingerprint density at radius 3 is 2.50 bits per heavy atom. The Hall–Kier alpha value is -1.55. The molecule has 4 heteroatoms. The lowest BCUT2D eigenvalue weighted by atomic mass is 9.90. The summed E-state index contributed by atoms with van der Waals surface area (Å²) in [6.45, 7) is 5.05. The van der Waals surface area contributed by atoms with Crippen molar-refractivity contribution in [3.63, 3.8) is 0 Å². The number of primary amides is 1. The van der Waals surface area contributed by atoms with Gasteiger partial charge in [-0.05, 0) is 57.2 Å². The quantitative estimate of drug-likeness (QED) is 0.884. The number of aryl methyl sites for hydroxylation is 1. The van der Waals surface area contributed by atoms with Crippen LogP contribution in [-0.4, -0.2) is 24.5 Å². The van der Waals surface area contributed by atoms with Crippen LogP contribution in [0.1, 0.15) is 48.5 Å². The first-order chi connectivity index (χ1) is 9.52. The Bertz CT molecular complexity index is 479. The van der Waals surface area contributed by atoms with Gasteiger partial charge in [0, 0.05) is 18.6 Å². The number of amides is 1. The SMILES string of the molecule is CCN(c1cc(C)ccc1C(N)=O)C1CCC(N)CC1. The maximum atomic E-state index is 11.7. The van der Waals surface area contributed by atoms with Gasteiger partial charge >= 0.3 is 0 Å². The molecule has 1 aliphatic rings. The molecule has 1 aromatic rings. The van der Waals surface area contributed by atoms with Crippen molar-refractivity contribution < 1.29 is 4.79 Å². The molecule has 0 aromatic heterocycles. The molecule has 0 saturated heterocycles. The molecule has 0 unspecified atom stereocenters. The van der Waals surface area contributed by atoms with Crippen molar-refractivity contribution in [3.05, 3.63) is 29.3 Å². The molecule has 110 valence electrons. The zero-order chi connectivity index (χ0) is 14.7. The Balaban J connectivity index is 2.31. The maximum Gasteiger partial charge on any atom is 0.250 e. The number of nitrogens with two attached hydrogens (primary N) is 2. The predicted octanol–water partition coefficient (Wildman–Crippen LogP) is 2.19. The van der Waals surface area contributed by atoms with E-state index in [0.29, 0.717) is 17.6 Å². The van der Waals surface area contributed by atoms with E-state index < -0.39 is 0 Å². The minimum absolute atomic E-state index is 0.332. The lowest BCUT2D eigenvalue weighted by Gasteiger charge is -2.38. The maximum absolute atomic E-state index is 11.7. The number of nitrogens with zero attached hydrogens (tertiary/aromatic N) is 1. The highest BCUT2D eigenvalue weighted by atomic mass is 16.1. The second-order valence-corrected chi connectivity index (χ2v) is 5.74. The zero-order valence-electron chi connectivity index (χ0n) is 12.4. The van der Waals surface area contributed by atoms with E-state index in [4.69, 9.17) is 11.5 Å². The Morgan fingerprint density at radius 2 is 1.95 bits per heavy atom. The summed E-state index contributed by atoms with van der Waals surface area (Å²) in [7, 11) is 0. The van der Waals surface area contributed by atoms with Gasteiger partial charge in [-0.25, -0.2) is 0 Å². The van der Waals surface area contributed by atoms with Crippen LogP contribution in [0.25, 0.3) is 0 Å². The number of rotatable bonds is 4. The van der Waals surface area contributed by atoms with Crippen LogP contribution in [-0.2, 0) is 0 Å². The van der Waals surface area contributed by atoms with Crippen molar-refractivity contribution >= 4 is 11.6 Å². The highest BCUT2D eigenvalue weighted by Crippen LogP contribution is 2.30. The van der Waals surface area contributed by atoms with E-state index in [1.165, 1.54) is 0 Å². The second kappa shape index (κ2) is 6.27. The average molecular weight is 275 g/mol. The highest BCUT2D eigenvalue weighted by molar-refractivity contribution is 5.98. The lowest BCUT2D eigenvalue weighted by Crippen LogP contribution is -2.41. The third-order valence-electron chi connectivity index (χ3n) is 4.25. The van der Waals surface area contributed by atoms with E-state index in [1.54, 1.807) is 0 Å². The third-order valence-corrected chi connectivity index (χ3v) is 4.25. The fourth-order valence-corrected chi connectivity index (χ4v) is 3.13. The summed E-state index contributed by atoms with van der Waals surface area (Å²) < 4.78 is 0. The molecular formula is C16H25N3O. The summed E-state index contributed by atoms with van der Waals surface area (Å²) in [6, 6.07) is 6.63. The van der Waals surface area contributed by atoms with Crippen molar-refractivity contribution in [2.75, 3.05) is 11.4 Å². The normalized spacial score (nSPS) is 22.6. The molecule has 1 amide bonds. The molecule has 0 bridgehead atoms. The molecule has 1 fully saturated rings. The van der Waals surface area contributed by atoms with Gasteiger partial charge in [0.15, 0.2) is 0 Å². The molecular weight excluding hydrogens is 250 g/mol. The molecule has 4 nitrogen and oxygen atoms in total. The molecule has 0 spiro atoms. The number of benzene rings is 1. The summed E-state index contributed by atoms with van der Waals surface area (Å²) in [4.78, 5) is 14.0. The third kappa shape index (κ3) is 3.12. The first-order valence-corrected chi connectivity index (χ1v) is 7.45. The Morgan fingerprint density at radius 1 is 1.30 bits per heavy atom. The molecule has 0 radical (unpaired) electrons. The lowest BCUT2D eigenvalue weighted by molar-refractivity contribution is 0.100. The fraction of sp³-hybridized carbons (Fsp3) is 0.562. The molecule has 4 N–H and O–H groups in total. The smallest absolute Gasteiger partial charge is 0.250 e. The van der Waals surface area contributed by atoms with Crippen molar-refractivity contribution in [1.82, 2.24) is 0 Å². The molecule has 1 aromatic carbocycles. The second-order valence-electron chi connectivity index (χ2n) is 5.74. The van der Waals surface area contributed by atoms with Gasteiger partial charge in [-0.15, -0.1) is 0 Å². The summed E-state index contributed by atoms with van der Waals surface area (Å²) in [5.41, 5.74) is 14.2. The van der Waals surface area contributed by atoms with Crippen LogP contribution in [0.3, 0.4) is 0 Å². The van der Waals surface area contributed by atoms with Crippen LogP contribution >= 0.6 is 0 Å². The van der Waals surface area contributed by atoms with Crippen molar-refractivity contribution in [2.24, 2.45) is 11.5 Å². The van der Waals surface area contributed by atoms with E-state index in [9.17, 15) is 4.79 Å². The number of carbonyl (C=O) groups is 1. The molecule has 20 heavy (non-hydrogen) atoms. The molecule has 1 aliphatic carbocycles. The van der Waals surface area contributed by atoms with Gasteiger partial charge < -0.3 is 16.4 Å². The van der Waals surface area contributed by atoms with Crippen molar-refractivity contribution in [2.45, 2.75) is 51.6 Å². The summed E-state index contributed by atoms with van der Waals surface area (Å²) in [6.07, 6.45) is 4.28. The highest BCUT2D eigenvalue weighted by Gasteiger charge is 2.25. The number of hydrogen-bond acceptors (Lipinski definition) is 3. The topological polar surface area (TPSA) is 72.3 Å². The molecule has 0 heterocycles. The van der Waals surface area contributed by atoms with Gasteiger partial charge in [0.25, 0.3) is 5.91 Å². The van der Waals surface area contributed by atoms with Crippen LogP contribution in [0.4, 0.5) is 5.69 Å². The van der Waals surface area contributed by atoms with Crippen LogP contribution in [0.2, 0.25) is 0 Å². The van der Waals surface area contributed by atoms with Gasteiger partial charge in [-0.3, -0.25) is 4.79 Å². The van der Waals surface area contributed by atoms with Gasteiger partial charge in [-0.1, -0.05) is 6.07 Å². The largest absolute Gasteiger partial charge is 0.368 e. The Labute approximate surface area is 121 Å². The first-order valence-electron chi connectivity index (χ1n) is 7.45. The molecule has 0 atom stereocenters.